The molecule has 0 spiro atoms. The molecule has 0 bridgehead atoms. The molecule has 0 aliphatic carbocycles. The molecule has 2 aromatic heterocycles. The standard InChI is InChI=1S/C13H20N4O2S/c1-3-4-10-11-12(16(2)15-10)17(13(20)14-11)7-9-8-18-5-6-19-9/h9H,3-8H2,1-2H3,(H,14,20). The number of hydrogen-bond acceptors (Lipinski definition) is 4. The molecular weight excluding hydrogens is 276 g/mol. The molecule has 6 nitrogen and oxygen atoms in total. The van der Waals surface area contributed by atoms with Gasteiger partial charge in [-0.15, -0.1) is 0 Å². The van der Waals surface area contributed by atoms with E-state index in [4.69, 9.17) is 21.7 Å². The van der Waals surface area contributed by atoms with Gasteiger partial charge in [-0.3, -0.25) is 9.25 Å². The van der Waals surface area contributed by atoms with Crippen LogP contribution in [0.25, 0.3) is 11.2 Å². The lowest BCUT2D eigenvalue weighted by Gasteiger charge is -2.23. The Bertz CT molecular complexity index is 651. The molecule has 3 heterocycles. The number of aromatic nitrogens is 4. The summed E-state index contributed by atoms with van der Waals surface area (Å²) in [4.78, 5) is 3.29. The molecule has 3 rings (SSSR count). The molecule has 0 aromatic carbocycles. The van der Waals surface area contributed by atoms with Gasteiger partial charge in [-0.25, -0.2) is 0 Å². The molecule has 0 radical (unpaired) electrons. The van der Waals surface area contributed by atoms with E-state index in [0.717, 1.165) is 34.5 Å². The molecule has 1 fully saturated rings. The van der Waals surface area contributed by atoms with Gasteiger partial charge in [0.05, 0.1) is 38.2 Å². The van der Waals surface area contributed by atoms with E-state index in [-0.39, 0.29) is 6.10 Å². The van der Waals surface area contributed by atoms with Crippen molar-refractivity contribution >= 4 is 23.4 Å². The summed E-state index contributed by atoms with van der Waals surface area (Å²) >= 11 is 5.45. The van der Waals surface area contributed by atoms with Crippen LogP contribution in [0.3, 0.4) is 0 Å². The van der Waals surface area contributed by atoms with Crippen LogP contribution in [0.5, 0.6) is 0 Å². The SMILES string of the molecule is CCCc1nn(C)c2c1[nH]c(=S)n2CC1COCCO1. The highest BCUT2D eigenvalue weighted by molar-refractivity contribution is 7.71. The van der Waals surface area contributed by atoms with Gasteiger partial charge in [-0.2, -0.15) is 5.10 Å². The third-order valence-electron chi connectivity index (χ3n) is 3.58. The van der Waals surface area contributed by atoms with Gasteiger partial charge in [0.1, 0.15) is 5.52 Å². The number of ether oxygens (including phenoxy) is 2. The first kappa shape index (κ1) is 13.8. The Morgan fingerprint density at radius 3 is 3.00 bits per heavy atom. The Labute approximate surface area is 122 Å². The van der Waals surface area contributed by atoms with Gasteiger partial charge < -0.3 is 14.5 Å². The third kappa shape index (κ3) is 2.41. The van der Waals surface area contributed by atoms with Crippen LogP contribution in [0.2, 0.25) is 0 Å². The number of hydrogen-bond donors (Lipinski definition) is 1. The van der Waals surface area contributed by atoms with Crippen LogP contribution in [-0.4, -0.2) is 45.3 Å². The summed E-state index contributed by atoms with van der Waals surface area (Å²) in [6.07, 6.45) is 2.08. The molecule has 110 valence electrons. The number of nitrogens with zero attached hydrogens (tertiary/aromatic N) is 3. The predicted octanol–water partition coefficient (Wildman–Crippen LogP) is 1.80. The molecule has 7 heteroatoms. The van der Waals surface area contributed by atoms with Crippen LogP contribution in [0.4, 0.5) is 0 Å². The Kier molecular flexibility index (Phi) is 3.91. The minimum atomic E-state index is 0.0546. The van der Waals surface area contributed by atoms with Gasteiger partial charge in [0.2, 0.25) is 0 Å². The Morgan fingerprint density at radius 2 is 2.30 bits per heavy atom. The molecule has 1 aliphatic heterocycles. The number of rotatable bonds is 4. The molecule has 2 aromatic rings. The number of imidazole rings is 1. The molecule has 1 atom stereocenters. The summed E-state index contributed by atoms with van der Waals surface area (Å²) in [5.74, 6) is 0. The average Bonchev–Trinajstić information content (AvgIpc) is 2.91. The highest BCUT2D eigenvalue weighted by Crippen LogP contribution is 2.20. The van der Waals surface area contributed by atoms with Crippen molar-refractivity contribution in [2.24, 2.45) is 7.05 Å². The lowest BCUT2D eigenvalue weighted by molar-refractivity contribution is -0.0934. The van der Waals surface area contributed by atoms with Crippen molar-refractivity contribution < 1.29 is 9.47 Å². The summed E-state index contributed by atoms with van der Waals surface area (Å²) in [6, 6.07) is 0. The average molecular weight is 296 g/mol. The van der Waals surface area contributed by atoms with Crippen molar-refractivity contribution in [3.8, 4) is 0 Å². The van der Waals surface area contributed by atoms with Crippen molar-refractivity contribution in [3.63, 3.8) is 0 Å². The van der Waals surface area contributed by atoms with Crippen molar-refractivity contribution in [1.82, 2.24) is 19.3 Å². The molecule has 1 N–H and O–H groups in total. The second-order valence-electron chi connectivity index (χ2n) is 5.13. The summed E-state index contributed by atoms with van der Waals surface area (Å²) in [6.45, 7) is 4.80. The zero-order chi connectivity index (χ0) is 14.1. The van der Waals surface area contributed by atoms with Crippen molar-refractivity contribution in [1.29, 1.82) is 0 Å². The molecule has 1 unspecified atom stereocenters. The number of fused-ring (bicyclic) bond motifs is 1. The van der Waals surface area contributed by atoms with Gasteiger partial charge in [-0.1, -0.05) is 13.3 Å². The summed E-state index contributed by atoms with van der Waals surface area (Å²) < 4.78 is 15.9. The fourth-order valence-electron chi connectivity index (χ4n) is 2.70. The van der Waals surface area contributed by atoms with E-state index < -0.39 is 0 Å². The minimum Gasteiger partial charge on any atom is -0.376 e. The first-order valence-electron chi connectivity index (χ1n) is 7.04. The molecular formula is C13H20N4O2S. The number of aromatic amines is 1. The van der Waals surface area contributed by atoms with Crippen molar-refractivity contribution in [2.45, 2.75) is 32.4 Å². The topological polar surface area (TPSA) is 57.0 Å². The zero-order valence-electron chi connectivity index (χ0n) is 11.9. The first-order valence-corrected chi connectivity index (χ1v) is 7.45. The van der Waals surface area contributed by atoms with Gasteiger partial charge in [0, 0.05) is 7.05 Å². The Balaban J connectivity index is 1.97. The van der Waals surface area contributed by atoms with E-state index in [0.29, 0.717) is 26.4 Å². The molecule has 1 saturated heterocycles. The fraction of sp³-hybridized carbons (Fsp3) is 0.692. The fourth-order valence-corrected chi connectivity index (χ4v) is 2.97. The number of H-pyrrole nitrogens is 1. The zero-order valence-corrected chi connectivity index (χ0v) is 12.7. The monoisotopic (exact) mass is 296 g/mol. The van der Waals surface area contributed by atoms with E-state index in [1.54, 1.807) is 0 Å². The molecule has 0 saturated carbocycles. The van der Waals surface area contributed by atoms with Crippen LogP contribution in [0.15, 0.2) is 0 Å². The van der Waals surface area contributed by atoms with Gasteiger partial charge in [-0.05, 0) is 18.6 Å². The van der Waals surface area contributed by atoms with Crippen LogP contribution < -0.4 is 0 Å². The Hall–Kier alpha value is -1.18. The minimum absolute atomic E-state index is 0.0546. The summed E-state index contributed by atoms with van der Waals surface area (Å²) in [7, 11) is 1.96. The highest BCUT2D eigenvalue weighted by atomic mass is 32.1. The predicted molar refractivity (Wildman–Crippen MR) is 78.4 cm³/mol. The van der Waals surface area contributed by atoms with E-state index in [1.165, 1.54) is 0 Å². The van der Waals surface area contributed by atoms with E-state index in [9.17, 15) is 0 Å². The molecule has 20 heavy (non-hydrogen) atoms. The van der Waals surface area contributed by atoms with Crippen LogP contribution in [0, 0.1) is 4.77 Å². The van der Waals surface area contributed by atoms with E-state index >= 15 is 0 Å². The van der Waals surface area contributed by atoms with Crippen LogP contribution >= 0.6 is 12.2 Å². The molecule has 1 aliphatic rings. The maximum absolute atomic E-state index is 5.71. The summed E-state index contributed by atoms with van der Waals surface area (Å²) in [5, 5.41) is 4.58. The molecule has 0 amide bonds. The normalized spacial score (nSPS) is 19.8. The maximum atomic E-state index is 5.71. The maximum Gasteiger partial charge on any atom is 0.179 e. The van der Waals surface area contributed by atoms with Crippen molar-refractivity contribution in [3.05, 3.63) is 10.5 Å². The highest BCUT2D eigenvalue weighted by Gasteiger charge is 2.20. The second kappa shape index (κ2) is 5.67. The van der Waals surface area contributed by atoms with Crippen LogP contribution in [-0.2, 0) is 29.5 Å². The number of aryl methyl sites for hydroxylation is 2. The number of nitrogens with one attached hydrogen (secondary N) is 1. The second-order valence-corrected chi connectivity index (χ2v) is 5.51. The summed E-state index contributed by atoms with van der Waals surface area (Å²) in [5.41, 5.74) is 3.17. The quantitative estimate of drug-likeness (QED) is 0.874. The van der Waals surface area contributed by atoms with Gasteiger partial charge >= 0.3 is 0 Å². The Morgan fingerprint density at radius 1 is 1.45 bits per heavy atom. The smallest absolute Gasteiger partial charge is 0.179 e. The van der Waals surface area contributed by atoms with E-state index in [1.807, 2.05) is 11.7 Å². The van der Waals surface area contributed by atoms with Crippen LogP contribution in [0.1, 0.15) is 19.0 Å². The van der Waals surface area contributed by atoms with Gasteiger partial charge in [0.25, 0.3) is 0 Å². The third-order valence-corrected chi connectivity index (χ3v) is 3.90. The largest absolute Gasteiger partial charge is 0.376 e. The lowest BCUT2D eigenvalue weighted by Crippen LogP contribution is -2.32. The lowest BCUT2D eigenvalue weighted by atomic mass is 10.2. The van der Waals surface area contributed by atoms with E-state index in [2.05, 4.69) is 21.6 Å². The first-order chi connectivity index (χ1) is 9.70. The van der Waals surface area contributed by atoms with Crippen molar-refractivity contribution in [2.75, 3.05) is 19.8 Å². The van der Waals surface area contributed by atoms with Gasteiger partial charge in [0.15, 0.2) is 10.4 Å².